The van der Waals surface area contributed by atoms with Crippen LogP contribution in [-0.4, -0.2) is 30.2 Å². The second kappa shape index (κ2) is 6.39. The van der Waals surface area contributed by atoms with Crippen LogP contribution < -0.4 is 5.32 Å². The van der Waals surface area contributed by atoms with E-state index >= 15 is 0 Å². The molecular weight excluding hydrogens is 272 g/mol. The maximum atomic E-state index is 11.8. The summed E-state index contributed by atoms with van der Waals surface area (Å²) in [7, 11) is 0. The van der Waals surface area contributed by atoms with E-state index in [1.807, 2.05) is 26.0 Å². The summed E-state index contributed by atoms with van der Waals surface area (Å²) in [5.74, 6) is -0.749. The van der Waals surface area contributed by atoms with Gasteiger partial charge in [-0.2, -0.15) is 0 Å². The Bertz CT molecular complexity index is 676. The van der Waals surface area contributed by atoms with E-state index in [1.165, 1.54) is 0 Å². The number of esters is 1. The summed E-state index contributed by atoms with van der Waals surface area (Å²) in [6.07, 6.45) is 0.0658. The van der Waals surface area contributed by atoms with E-state index in [-0.39, 0.29) is 18.9 Å². The molecule has 0 saturated heterocycles. The van der Waals surface area contributed by atoms with E-state index in [9.17, 15) is 9.59 Å². The summed E-state index contributed by atoms with van der Waals surface area (Å²) >= 11 is 0. The number of nitrogens with zero attached hydrogens (tertiary/aromatic N) is 1. The van der Waals surface area contributed by atoms with Crippen molar-refractivity contribution < 1.29 is 18.8 Å². The van der Waals surface area contributed by atoms with Crippen LogP contribution in [0.5, 0.6) is 0 Å². The third kappa shape index (κ3) is 3.59. The van der Waals surface area contributed by atoms with E-state index < -0.39 is 5.97 Å². The third-order valence-corrected chi connectivity index (χ3v) is 3.05. The molecule has 0 aliphatic rings. The molecule has 2 rings (SSSR count). The van der Waals surface area contributed by atoms with Crippen molar-refractivity contribution in [2.75, 3.05) is 13.2 Å². The number of rotatable bonds is 5. The summed E-state index contributed by atoms with van der Waals surface area (Å²) in [4.78, 5) is 23.0. The molecule has 0 spiro atoms. The quantitative estimate of drug-likeness (QED) is 0.847. The third-order valence-electron chi connectivity index (χ3n) is 3.05. The van der Waals surface area contributed by atoms with Gasteiger partial charge in [0.2, 0.25) is 5.91 Å². The highest BCUT2D eigenvalue weighted by molar-refractivity contribution is 5.89. The molecule has 0 fully saturated rings. The Morgan fingerprint density at radius 3 is 2.81 bits per heavy atom. The van der Waals surface area contributed by atoms with E-state index in [2.05, 4.69) is 10.5 Å². The average Bonchev–Trinajstić information content (AvgIpc) is 2.80. The van der Waals surface area contributed by atoms with Crippen molar-refractivity contribution in [2.24, 2.45) is 0 Å². The second-order valence-corrected chi connectivity index (χ2v) is 4.84. The lowest BCUT2D eigenvalue weighted by molar-refractivity contribution is -0.143. The van der Waals surface area contributed by atoms with E-state index in [1.54, 1.807) is 6.92 Å². The number of hydrogen-bond donors (Lipinski definition) is 1. The summed E-state index contributed by atoms with van der Waals surface area (Å²) in [5.41, 5.74) is 3.33. The molecule has 112 valence electrons. The number of benzene rings is 1. The minimum absolute atomic E-state index is 0.0658. The topological polar surface area (TPSA) is 81.4 Å². The van der Waals surface area contributed by atoms with Crippen molar-refractivity contribution in [1.82, 2.24) is 10.5 Å². The van der Waals surface area contributed by atoms with Gasteiger partial charge in [0, 0.05) is 5.39 Å². The van der Waals surface area contributed by atoms with Crippen LogP contribution in [0.25, 0.3) is 11.0 Å². The molecule has 0 aliphatic carbocycles. The molecule has 21 heavy (non-hydrogen) atoms. The number of nitrogens with one attached hydrogen (secondary N) is 1. The Morgan fingerprint density at radius 1 is 1.33 bits per heavy atom. The minimum atomic E-state index is -0.456. The lowest BCUT2D eigenvalue weighted by Crippen LogP contribution is -2.31. The van der Waals surface area contributed by atoms with Crippen LogP contribution in [0.1, 0.15) is 23.7 Å². The molecule has 6 nitrogen and oxygen atoms in total. The van der Waals surface area contributed by atoms with Crippen LogP contribution in [0, 0.1) is 13.8 Å². The van der Waals surface area contributed by atoms with Crippen molar-refractivity contribution in [3.05, 3.63) is 29.0 Å². The number of carbonyl (C=O) groups excluding carboxylic acids is 2. The van der Waals surface area contributed by atoms with Gasteiger partial charge in [0.1, 0.15) is 12.2 Å². The number of aryl methyl sites for hydroxylation is 2. The zero-order chi connectivity index (χ0) is 15.4. The van der Waals surface area contributed by atoms with Gasteiger partial charge in [-0.3, -0.25) is 9.59 Å². The molecule has 2 aromatic rings. The molecule has 1 aromatic heterocycles. The number of hydrogen-bond acceptors (Lipinski definition) is 5. The van der Waals surface area contributed by atoms with E-state index in [4.69, 9.17) is 9.26 Å². The lowest BCUT2D eigenvalue weighted by Gasteiger charge is -2.04. The molecular formula is C15H18N2O4. The Balaban J connectivity index is 2.06. The molecule has 6 heteroatoms. The highest BCUT2D eigenvalue weighted by Gasteiger charge is 2.15. The lowest BCUT2D eigenvalue weighted by atomic mass is 10.0. The first kappa shape index (κ1) is 15.0. The van der Waals surface area contributed by atoms with Crippen molar-refractivity contribution in [1.29, 1.82) is 0 Å². The van der Waals surface area contributed by atoms with Crippen LogP contribution >= 0.6 is 0 Å². The fraction of sp³-hybridized carbons (Fsp3) is 0.400. The number of fused-ring (bicyclic) bond motifs is 1. The van der Waals surface area contributed by atoms with Crippen molar-refractivity contribution in [3.8, 4) is 0 Å². The Kier molecular flexibility index (Phi) is 4.57. The van der Waals surface area contributed by atoms with Crippen LogP contribution in [0.15, 0.2) is 16.7 Å². The smallest absolute Gasteiger partial charge is 0.325 e. The van der Waals surface area contributed by atoms with Gasteiger partial charge in [0.15, 0.2) is 5.58 Å². The van der Waals surface area contributed by atoms with Gasteiger partial charge >= 0.3 is 5.97 Å². The van der Waals surface area contributed by atoms with Gasteiger partial charge in [0.25, 0.3) is 0 Å². The standard InChI is InChI=1S/C15H18N2O4/c1-4-20-14(19)8-16-13(18)7-11-15-10(3)5-9(2)6-12(15)21-17-11/h5-6H,4,7-8H2,1-3H3,(H,16,18). The molecule has 1 N–H and O–H groups in total. The Morgan fingerprint density at radius 2 is 2.10 bits per heavy atom. The van der Waals surface area contributed by atoms with Crippen LogP contribution in [0.3, 0.4) is 0 Å². The molecule has 0 bridgehead atoms. The molecule has 1 aromatic carbocycles. The summed E-state index contributed by atoms with van der Waals surface area (Å²) in [5, 5.41) is 7.31. The van der Waals surface area contributed by atoms with Gasteiger partial charge < -0.3 is 14.6 Å². The van der Waals surface area contributed by atoms with Crippen molar-refractivity contribution in [3.63, 3.8) is 0 Å². The maximum Gasteiger partial charge on any atom is 0.325 e. The first-order valence-electron chi connectivity index (χ1n) is 6.79. The highest BCUT2D eigenvalue weighted by atomic mass is 16.5. The predicted octanol–water partition coefficient (Wildman–Crippen LogP) is 1.67. The average molecular weight is 290 g/mol. The SMILES string of the molecule is CCOC(=O)CNC(=O)Cc1noc2cc(C)cc(C)c12. The number of ether oxygens (including phenoxy) is 1. The van der Waals surface area contributed by atoms with Gasteiger partial charge in [-0.15, -0.1) is 0 Å². The van der Waals surface area contributed by atoms with Crippen molar-refractivity contribution in [2.45, 2.75) is 27.2 Å². The summed E-state index contributed by atoms with van der Waals surface area (Å²) < 4.78 is 10.00. The van der Waals surface area contributed by atoms with Gasteiger partial charge in [-0.05, 0) is 38.0 Å². The molecule has 0 radical (unpaired) electrons. The molecule has 0 saturated carbocycles. The van der Waals surface area contributed by atoms with Gasteiger partial charge in [-0.1, -0.05) is 11.2 Å². The zero-order valence-electron chi connectivity index (χ0n) is 12.4. The number of aromatic nitrogens is 1. The fourth-order valence-corrected chi connectivity index (χ4v) is 2.24. The van der Waals surface area contributed by atoms with Gasteiger partial charge in [0.05, 0.1) is 13.0 Å². The van der Waals surface area contributed by atoms with Crippen LogP contribution in [-0.2, 0) is 20.7 Å². The fourth-order valence-electron chi connectivity index (χ4n) is 2.24. The normalized spacial score (nSPS) is 10.6. The largest absolute Gasteiger partial charge is 0.465 e. The predicted molar refractivity (Wildman–Crippen MR) is 76.8 cm³/mol. The first-order chi connectivity index (χ1) is 10.0. The van der Waals surface area contributed by atoms with Gasteiger partial charge in [-0.25, -0.2) is 0 Å². The minimum Gasteiger partial charge on any atom is -0.465 e. The molecule has 1 amide bonds. The monoisotopic (exact) mass is 290 g/mol. The van der Waals surface area contributed by atoms with Crippen LogP contribution in [0.4, 0.5) is 0 Å². The second-order valence-electron chi connectivity index (χ2n) is 4.84. The molecule has 1 heterocycles. The Hall–Kier alpha value is -2.37. The number of amides is 1. The molecule has 0 aliphatic heterocycles. The van der Waals surface area contributed by atoms with E-state index in [0.717, 1.165) is 16.5 Å². The number of carbonyl (C=O) groups is 2. The maximum absolute atomic E-state index is 11.8. The van der Waals surface area contributed by atoms with Crippen molar-refractivity contribution >= 4 is 22.8 Å². The highest BCUT2D eigenvalue weighted by Crippen LogP contribution is 2.24. The zero-order valence-corrected chi connectivity index (χ0v) is 12.4. The Labute approximate surface area is 122 Å². The summed E-state index contributed by atoms with van der Waals surface area (Å²) in [6, 6.07) is 3.90. The van der Waals surface area contributed by atoms with E-state index in [0.29, 0.717) is 17.9 Å². The molecule has 0 atom stereocenters. The first-order valence-corrected chi connectivity index (χ1v) is 6.79. The molecule has 0 unspecified atom stereocenters. The van der Waals surface area contributed by atoms with Crippen LogP contribution in [0.2, 0.25) is 0 Å². The summed E-state index contributed by atoms with van der Waals surface area (Å²) in [6.45, 7) is 5.79.